The number of hydrogen-bond acceptors (Lipinski definition) is 5. The lowest BCUT2D eigenvalue weighted by Crippen LogP contribution is -2.16. The summed E-state index contributed by atoms with van der Waals surface area (Å²) in [4.78, 5) is 32.0. The van der Waals surface area contributed by atoms with Crippen LogP contribution < -0.4 is 5.32 Å². The third-order valence-electron chi connectivity index (χ3n) is 5.90. The zero-order chi connectivity index (χ0) is 22.9. The van der Waals surface area contributed by atoms with Crippen molar-refractivity contribution in [1.29, 1.82) is 0 Å². The number of carbonyl (C=O) groups excluding carboxylic acids is 2. The molecule has 0 unspecified atom stereocenters. The molecule has 1 amide bonds. The third kappa shape index (κ3) is 4.01. The Bertz CT molecular complexity index is 1400. The van der Waals surface area contributed by atoms with Crippen LogP contribution in [0.2, 0.25) is 5.02 Å². The minimum atomic E-state index is -0.416. The molecule has 0 saturated carbocycles. The molecule has 1 aliphatic rings. The number of halogens is 1. The Morgan fingerprint density at radius 3 is 2.64 bits per heavy atom. The third-order valence-corrected chi connectivity index (χ3v) is 7.44. The molecule has 5 nitrogen and oxygen atoms in total. The molecule has 1 aliphatic carbocycles. The van der Waals surface area contributed by atoms with E-state index in [1.54, 1.807) is 12.1 Å². The molecule has 0 atom stereocenters. The number of pyridine rings is 1. The van der Waals surface area contributed by atoms with Crippen LogP contribution in [0.3, 0.4) is 0 Å². The smallest absolute Gasteiger partial charge is 0.341 e. The quantitative estimate of drug-likeness (QED) is 0.340. The first-order valence-electron chi connectivity index (χ1n) is 10.8. The van der Waals surface area contributed by atoms with Gasteiger partial charge in [0.05, 0.1) is 29.4 Å². The molecule has 0 bridgehead atoms. The highest BCUT2D eigenvalue weighted by atomic mass is 35.5. The number of nitrogens with one attached hydrogen (secondary N) is 1. The minimum Gasteiger partial charge on any atom is -0.465 e. The summed E-state index contributed by atoms with van der Waals surface area (Å²) in [6.45, 7) is 0. The normalized spacial score (nSPS) is 12.9. The van der Waals surface area contributed by atoms with E-state index in [2.05, 4.69) is 5.32 Å². The van der Waals surface area contributed by atoms with E-state index in [1.807, 2.05) is 42.5 Å². The maximum atomic E-state index is 13.6. The topological polar surface area (TPSA) is 68.3 Å². The van der Waals surface area contributed by atoms with E-state index < -0.39 is 5.97 Å². The van der Waals surface area contributed by atoms with Gasteiger partial charge in [0.2, 0.25) is 0 Å². The molecule has 7 heteroatoms. The second kappa shape index (κ2) is 8.96. The lowest BCUT2D eigenvalue weighted by Gasteiger charge is -2.12. The summed E-state index contributed by atoms with van der Waals surface area (Å²) in [5, 5.41) is 4.83. The molecule has 2 aromatic carbocycles. The van der Waals surface area contributed by atoms with Gasteiger partial charge in [0, 0.05) is 20.8 Å². The monoisotopic (exact) mass is 476 g/mol. The highest BCUT2D eigenvalue weighted by molar-refractivity contribution is 7.17. The molecule has 166 valence electrons. The van der Waals surface area contributed by atoms with E-state index in [-0.39, 0.29) is 5.91 Å². The van der Waals surface area contributed by atoms with Crippen LogP contribution in [0, 0.1) is 0 Å². The summed E-state index contributed by atoms with van der Waals surface area (Å²) < 4.78 is 5.04. The Labute approximate surface area is 200 Å². The molecule has 0 radical (unpaired) electrons. The molecule has 33 heavy (non-hydrogen) atoms. The number of rotatable bonds is 4. The summed E-state index contributed by atoms with van der Waals surface area (Å²) in [5.74, 6) is -0.716. The van der Waals surface area contributed by atoms with Crippen molar-refractivity contribution in [2.24, 2.45) is 0 Å². The number of ether oxygens (including phenoxy) is 1. The zero-order valence-electron chi connectivity index (χ0n) is 18.0. The van der Waals surface area contributed by atoms with E-state index in [4.69, 9.17) is 21.3 Å². The number of thiophene rings is 1. The molecule has 0 saturated heterocycles. The summed E-state index contributed by atoms with van der Waals surface area (Å²) in [6.07, 6.45) is 3.84. The summed E-state index contributed by atoms with van der Waals surface area (Å²) >= 11 is 7.88. The maximum Gasteiger partial charge on any atom is 0.341 e. The van der Waals surface area contributed by atoms with Crippen LogP contribution in [0.1, 0.15) is 44.0 Å². The van der Waals surface area contributed by atoms with Crippen molar-refractivity contribution in [2.75, 3.05) is 12.4 Å². The van der Waals surface area contributed by atoms with Gasteiger partial charge in [-0.25, -0.2) is 9.78 Å². The number of carbonyl (C=O) groups is 2. The van der Waals surface area contributed by atoms with Gasteiger partial charge in [0.1, 0.15) is 5.00 Å². The number of aromatic nitrogens is 1. The van der Waals surface area contributed by atoms with Gasteiger partial charge < -0.3 is 10.1 Å². The number of nitrogens with zero attached hydrogens (tertiary/aromatic N) is 1. The number of para-hydroxylation sites is 1. The number of amides is 1. The van der Waals surface area contributed by atoms with Crippen molar-refractivity contribution >= 4 is 50.7 Å². The fourth-order valence-corrected chi connectivity index (χ4v) is 5.82. The Kier molecular flexibility index (Phi) is 5.87. The van der Waals surface area contributed by atoms with Gasteiger partial charge in [-0.2, -0.15) is 0 Å². The van der Waals surface area contributed by atoms with Crippen molar-refractivity contribution in [1.82, 2.24) is 4.98 Å². The van der Waals surface area contributed by atoms with Crippen LogP contribution >= 0.6 is 22.9 Å². The molecule has 0 fully saturated rings. The second-order valence-electron chi connectivity index (χ2n) is 7.91. The first-order chi connectivity index (χ1) is 16.1. The lowest BCUT2D eigenvalue weighted by atomic mass is 9.95. The number of benzene rings is 2. The molecular formula is C26H21ClN2O3S. The summed E-state index contributed by atoms with van der Waals surface area (Å²) in [6, 6.07) is 16.7. The number of hydrogen-bond donors (Lipinski definition) is 1. The van der Waals surface area contributed by atoms with Crippen LogP contribution in [0.15, 0.2) is 54.6 Å². The number of fused-ring (bicyclic) bond motifs is 2. The SMILES string of the molecule is COC(=O)c1c(NC(=O)c2cc(-c3ccccc3Cl)nc3ccccc23)sc2c1CCCC2. The number of aryl methyl sites for hydroxylation is 1. The van der Waals surface area contributed by atoms with E-state index in [9.17, 15) is 9.59 Å². The van der Waals surface area contributed by atoms with Gasteiger partial charge in [0.15, 0.2) is 0 Å². The van der Waals surface area contributed by atoms with Crippen molar-refractivity contribution in [3.8, 4) is 11.3 Å². The van der Waals surface area contributed by atoms with Crippen molar-refractivity contribution in [2.45, 2.75) is 25.7 Å². The predicted molar refractivity (Wildman–Crippen MR) is 132 cm³/mol. The Morgan fingerprint density at radius 1 is 1.06 bits per heavy atom. The molecule has 0 spiro atoms. The average molecular weight is 477 g/mol. The Hall–Kier alpha value is -3.22. The van der Waals surface area contributed by atoms with Crippen molar-refractivity contribution in [3.05, 3.63) is 81.2 Å². The number of esters is 1. The average Bonchev–Trinajstić information content (AvgIpc) is 3.20. The highest BCUT2D eigenvalue weighted by Gasteiger charge is 2.27. The van der Waals surface area contributed by atoms with Gasteiger partial charge in [-0.15, -0.1) is 11.3 Å². The molecule has 1 N–H and O–H groups in total. The molecule has 4 aromatic rings. The molecule has 2 heterocycles. The molecule has 2 aromatic heterocycles. The van der Waals surface area contributed by atoms with Crippen LogP contribution in [0.4, 0.5) is 5.00 Å². The van der Waals surface area contributed by atoms with Crippen LogP contribution in [-0.2, 0) is 17.6 Å². The predicted octanol–water partition coefficient (Wildman–Crippen LogP) is 6.53. The fraction of sp³-hybridized carbons (Fsp3) is 0.192. The fourth-order valence-electron chi connectivity index (χ4n) is 4.31. The van der Waals surface area contributed by atoms with E-state index in [0.29, 0.717) is 32.4 Å². The van der Waals surface area contributed by atoms with Crippen molar-refractivity contribution in [3.63, 3.8) is 0 Å². The molecule has 5 rings (SSSR count). The molecule has 0 aliphatic heterocycles. The zero-order valence-corrected chi connectivity index (χ0v) is 19.6. The number of methoxy groups -OCH3 is 1. The van der Waals surface area contributed by atoms with Gasteiger partial charge in [-0.05, 0) is 49.4 Å². The van der Waals surface area contributed by atoms with E-state index in [0.717, 1.165) is 47.1 Å². The Balaban J connectivity index is 1.61. The van der Waals surface area contributed by atoms with Gasteiger partial charge in [0.25, 0.3) is 5.91 Å². The molecular weight excluding hydrogens is 456 g/mol. The van der Waals surface area contributed by atoms with Crippen LogP contribution in [0.5, 0.6) is 0 Å². The van der Waals surface area contributed by atoms with E-state index in [1.165, 1.54) is 18.4 Å². The first-order valence-corrected chi connectivity index (χ1v) is 11.9. The van der Waals surface area contributed by atoms with Crippen LogP contribution in [-0.4, -0.2) is 24.0 Å². The largest absolute Gasteiger partial charge is 0.465 e. The first kappa shape index (κ1) is 21.6. The van der Waals surface area contributed by atoms with Gasteiger partial charge in [-0.3, -0.25) is 4.79 Å². The van der Waals surface area contributed by atoms with Crippen LogP contribution in [0.25, 0.3) is 22.2 Å². The standard InChI is InChI=1S/C26H21ClN2O3S/c1-32-26(31)23-17-10-4-7-13-22(17)33-25(23)29-24(30)18-14-21(16-9-2-5-11-19(16)27)28-20-12-6-3-8-15(18)20/h2-3,5-6,8-9,11-12,14H,4,7,10,13H2,1H3,(H,29,30). The Morgan fingerprint density at radius 2 is 1.82 bits per heavy atom. The van der Waals surface area contributed by atoms with E-state index >= 15 is 0 Å². The summed E-state index contributed by atoms with van der Waals surface area (Å²) in [7, 11) is 1.37. The van der Waals surface area contributed by atoms with Gasteiger partial charge >= 0.3 is 5.97 Å². The summed E-state index contributed by atoms with van der Waals surface area (Å²) in [5.41, 5.74) is 4.01. The minimum absolute atomic E-state index is 0.300. The second-order valence-corrected chi connectivity index (χ2v) is 9.43. The van der Waals surface area contributed by atoms with Crippen molar-refractivity contribution < 1.29 is 14.3 Å². The number of anilines is 1. The van der Waals surface area contributed by atoms with Gasteiger partial charge in [-0.1, -0.05) is 48.0 Å². The highest BCUT2D eigenvalue weighted by Crippen LogP contribution is 2.39. The lowest BCUT2D eigenvalue weighted by molar-refractivity contribution is 0.0601. The maximum absolute atomic E-state index is 13.6.